The predicted molar refractivity (Wildman–Crippen MR) is 97.8 cm³/mol. The molecule has 6 heteroatoms. The first-order chi connectivity index (χ1) is 12.6. The fourth-order valence-corrected chi connectivity index (χ4v) is 4.49. The van der Waals surface area contributed by atoms with Crippen molar-refractivity contribution in [2.45, 2.75) is 30.7 Å². The lowest BCUT2D eigenvalue weighted by molar-refractivity contribution is -0.138. The number of rotatable bonds is 6. The van der Waals surface area contributed by atoms with Crippen molar-refractivity contribution in [2.24, 2.45) is 0 Å². The van der Waals surface area contributed by atoms with Gasteiger partial charge >= 0.3 is 0 Å². The Morgan fingerprint density at radius 3 is 2.58 bits per heavy atom. The van der Waals surface area contributed by atoms with Crippen LogP contribution in [0.1, 0.15) is 24.8 Å². The normalized spacial score (nSPS) is 25.9. The molecule has 2 saturated heterocycles. The summed E-state index contributed by atoms with van der Waals surface area (Å²) < 4.78 is 10.2. The number of hydrogen-bond acceptors (Lipinski definition) is 4. The summed E-state index contributed by atoms with van der Waals surface area (Å²) in [7, 11) is 3.18. The smallest absolute Gasteiger partial charge is 0.248 e. The molecule has 0 aliphatic carbocycles. The van der Waals surface area contributed by atoms with Gasteiger partial charge in [0.1, 0.15) is 6.61 Å². The van der Waals surface area contributed by atoms with Crippen molar-refractivity contribution < 1.29 is 19.1 Å². The van der Waals surface area contributed by atoms with Crippen molar-refractivity contribution in [1.82, 2.24) is 9.80 Å². The Bertz CT molecular complexity index is 636. The third-order valence-corrected chi connectivity index (χ3v) is 5.86. The fraction of sp³-hybridized carbons (Fsp3) is 0.600. The summed E-state index contributed by atoms with van der Waals surface area (Å²) in [6.45, 7) is 2.55. The summed E-state index contributed by atoms with van der Waals surface area (Å²) >= 11 is 0. The van der Waals surface area contributed by atoms with Gasteiger partial charge in [0, 0.05) is 45.7 Å². The van der Waals surface area contributed by atoms with Crippen molar-refractivity contribution in [2.75, 3.05) is 47.1 Å². The van der Waals surface area contributed by atoms with Crippen LogP contribution in [0.5, 0.6) is 0 Å². The lowest BCUT2D eigenvalue weighted by Gasteiger charge is -2.36. The summed E-state index contributed by atoms with van der Waals surface area (Å²) in [6.07, 6.45) is 2.09. The number of benzene rings is 1. The molecule has 0 saturated carbocycles. The number of nitrogens with zero attached hydrogens (tertiary/aromatic N) is 2. The van der Waals surface area contributed by atoms with Crippen LogP contribution in [-0.2, 0) is 24.5 Å². The zero-order valence-corrected chi connectivity index (χ0v) is 15.6. The van der Waals surface area contributed by atoms with Crippen LogP contribution in [0, 0.1) is 0 Å². The van der Waals surface area contributed by atoms with Gasteiger partial charge in [0.05, 0.1) is 12.6 Å². The van der Waals surface area contributed by atoms with E-state index in [0.29, 0.717) is 32.7 Å². The molecule has 0 bridgehead atoms. The molecule has 6 nitrogen and oxygen atoms in total. The minimum atomic E-state index is -0.178. The van der Waals surface area contributed by atoms with E-state index in [9.17, 15) is 9.59 Å². The third-order valence-electron chi connectivity index (χ3n) is 5.86. The molecule has 2 unspecified atom stereocenters. The molecule has 2 heterocycles. The molecule has 2 aliphatic rings. The number of likely N-dealkylation sites (tertiary alicyclic amines) is 2. The molecule has 0 N–H and O–H groups in total. The van der Waals surface area contributed by atoms with E-state index >= 15 is 0 Å². The molecule has 1 aromatic rings. The maximum atomic E-state index is 12.9. The van der Waals surface area contributed by atoms with E-state index in [4.69, 9.17) is 9.47 Å². The van der Waals surface area contributed by atoms with Crippen LogP contribution in [0.25, 0.3) is 0 Å². The number of fused-ring (bicyclic) bond motifs is 1. The van der Waals surface area contributed by atoms with Gasteiger partial charge in [-0.25, -0.2) is 0 Å². The average Bonchev–Trinajstić information content (AvgIpc) is 2.95. The number of carbonyl (C=O) groups is 2. The van der Waals surface area contributed by atoms with Crippen LogP contribution in [0.2, 0.25) is 0 Å². The van der Waals surface area contributed by atoms with Gasteiger partial charge in [0.2, 0.25) is 11.8 Å². The van der Waals surface area contributed by atoms with Crippen LogP contribution >= 0.6 is 0 Å². The highest BCUT2D eigenvalue weighted by atomic mass is 16.5. The molecule has 0 spiro atoms. The van der Waals surface area contributed by atoms with Gasteiger partial charge in [-0.3, -0.25) is 9.59 Å². The van der Waals surface area contributed by atoms with Crippen LogP contribution in [0.3, 0.4) is 0 Å². The zero-order chi connectivity index (χ0) is 18.6. The molecule has 2 amide bonds. The van der Waals surface area contributed by atoms with Gasteiger partial charge in [-0.1, -0.05) is 30.3 Å². The Morgan fingerprint density at radius 1 is 1.15 bits per heavy atom. The largest absolute Gasteiger partial charge is 0.383 e. The molecule has 142 valence electrons. The maximum absolute atomic E-state index is 12.9. The van der Waals surface area contributed by atoms with E-state index in [0.717, 1.165) is 12.8 Å². The van der Waals surface area contributed by atoms with Gasteiger partial charge in [-0.15, -0.1) is 0 Å². The molecular formula is C20H28N2O4. The maximum Gasteiger partial charge on any atom is 0.248 e. The monoisotopic (exact) mass is 360 g/mol. The minimum absolute atomic E-state index is 0.0338. The van der Waals surface area contributed by atoms with Crippen molar-refractivity contribution in [1.29, 1.82) is 0 Å². The molecule has 2 aliphatic heterocycles. The number of hydrogen-bond donors (Lipinski definition) is 0. The number of amides is 2. The number of carbonyl (C=O) groups excluding carboxylic acids is 2. The molecule has 26 heavy (non-hydrogen) atoms. The predicted octanol–water partition coefficient (Wildman–Crippen LogP) is 1.44. The third kappa shape index (κ3) is 3.48. The van der Waals surface area contributed by atoms with E-state index < -0.39 is 0 Å². The van der Waals surface area contributed by atoms with Gasteiger partial charge in [-0.2, -0.15) is 0 Å². The quantitative estimate of drug-likeness (QED) is 0.770. The van der Waals surface area contributed by atoms with E-state index in [-0.39, 0.29) is 29.9 Å². The first-order valence-corrected chi connectivity index (χ1v) is 9.23. The fourth-order valence-electron chi connectivity index (χ4n) is 4.49. The highest BCUT2D eigenvalue weighted by Gasteiger charge is 2.52. The van der Waals surface area contributed by atoms with Crippen LogP contribution in [-0.4, -0.2) is 74.7 Å². The summed E-state index contributed by atoms with van der Waals surface area (Å²) in [4.78, 5) is 29.2. The molecule has 0 radical (unpaired) electrons. The second-order valence-corrected chi connectivity index (χ2v) is 7.14. The molecular weight excluding hydrogens is 332 g/mol. The Morgan fingerprint density at radius 2 is 1.88 bits per heavy atom. The highest BCUT2D eigenvalue weighted by Crippen LogP contribution is 2.46. The summed E-state index contributed by atoms with van der Waals surface area (Å²) in [6, 6.07) is 10.2. The topological polar surface area (TPSA) is 59.1 Å². The van der Waals surface area contributed by atoms with Crippen LogP contribution in [0.4, 0.5) is 0 Å². The standard InChI is InChI=1S/C20H28N2O4/c1-25-13-12-21-10-8-20(16-6-4-3-5-7-16)9-11-22(19(24)15-26-2)17(20)14-18(21)23/h3-7,17H,8-15H2,1-2H3. The van der Waals surface area contributed by atoms with Gasteiger partial charge in [-0.05, 0) is 18.4 Å². The van der Waals surface area contributed by atoms with Crippen molar-refractivity contribution in [3.63, 3.8) is 0 Å². The van der Waals surface area contributed by atoms with E-state index in [1.54, 1.807) is 7.11 Å². The van der Waals surface area contributed by atoms with Crippen molar-refractivity contribution in [3.8, 4) is 0 Å². The number of methoxy groups -OCH3 is 2. The lowest BCUT2D eigenvalue weighted by Crippen LogP contribution is -2.46. The van der Waals surface area contributed by atoms with Crippen molar-refractivity contribution >= 4 is 11.8 Å². The van der Waals surface area contributed by atoms with Crippen molar-refractivity contribution in [3.05, 3.63) is 35.9 Å². The molecule has 3 rings (SSSR count). The molecule has 1 aromatic carbocycles. The minimum Gasteiger partial charge on any atom is -0.383 e. The first kappa shape index (κ1) is 18.9. The second-order valence-electron chi connectivity index (χ2n) is 7.14. The zero-order valence-electron chi connectivity index (χ0n) is 15.6. The average molecular weight is 360 g/mol. The second kappa shape index (κ2) is 8.18. The Kier molecular flexibility index (Phi) is 5.94. The van der Waals surface area contributed by atoms with Crippen LogP contribution in [0.15, 0.2) is 30.3 Å². The first-order valence-electron chi connectivity index (χ1n) is 9.23. The number of ether oxygens (including phenoxy) is 2. The molecule has 2 fully saturated rings. The van der Waals surface area contributed by atoms with Gasteiger partial charge in [0.15, 0.2) is 0 Å². The van der Waals surface area contributed by atoms with Gasteiger partial charge in [0.25, 0.3) is 0 Å². The van der Waals surface area contributed by atoms with E-state index in [1.807, 2.05) is 28.0 Å². The van der Waals surface area contributed by atoms with E-state index in [1.165, 1.54) is 12.7 Å². The van der Waals surface area contributed by atoms with E-state index in [2.05, 4.69) is 12.1 Å². The molecule has 0 aromatic heterocycles. The Hall–Kier alpha value is -1.92. The summed E-state index contributed by atoms with van der Waals surface area (Å²) in [5.41, 5.74) is 1.04. The van der Waals surface area contributed by atoms with Gasteiger partial charge < -0.3 is 19.3 Å². The SMILES string of the molecule is COCCN1CCC2(c3ccccc3)CCN(C(=O)COC)C2CC1=O. The highest BCUT2D eigenvalue weighted by molar-refractivity contribution is 5.82. The summed E-state index contributed by atoms with van der Waals surface area (Å²) in [5.74, 6) is 0.0652. The summed E-state index contributed by atoms with van der Waals surface area (Å²) in [5, 5.41) is 0. The Balaban J connectivity index is 1.93. The lowest BCUT2D eigenvalue weighted by atomic mass is 9.71. The van der Waals surface area contributed by atoms with Crippen LogP contribution < -0.4 is 0 Å². The molecule has 2 atom stereocenters. The Labute approximate surface area is 155 Å².